The van der Waals surface area contributed by atoms with Crippen LogP contribution in [0.25, 0.3) is 10.9 Å². The van der Waals surface area contributed by atoms with E-state index >= 15 is 0 Å². The van der Waals surface area contributed by atoms with Crippen LogP contribution >= 0.6 is 11.3 Å². The molecule has 1 fully saturated rings. The van der Waals surface area contributed by atoms with Gasteiger partial charge in [0.1, 0.15) is 6.54 Å². The molecule has 1 N–H and O–H groups in total. The predicted octanol–water partition coefficient (Wildman–Crippen LogP) is 2.51. The van der Waals surface area contributed by atoms with E-state index in [9.17, 15) is 18.0 Å². The summed E-state index contributed by atoms with van der Waals surface area (Å²) in [6.07, 6.45) is 2.48. The van der Waals surface area contributed by atoms with Crippen LogP contribution in [0.15, 0.2) is 51.5 Å². The molecule has 164 valence electrons. The number of nitrogens with one attached hydrogen (secondary N) is 1. The molecule has 0 radical (unpaired) electrons. The summed E-state index contributed by atoms with van der Waals surface area (Å²) in [6, 6.07) is 9.74. The molecule has 3 aromatic rings. The first-order valence-corrected chi connectivity index (χ1v) is 12.6. The van der Waals surface area contributed by atoms with Gasteiger partial charge in [-0.05, 0) is 72.8 Å². The molecule has 1 amide bonds. The maximum absolute atomic E-state index is 12.8. The minimum absolute atomic E-state index is 0.113. The third kappa shape index (κ3) is 4.58. The molecule has 0 bridgehead atoms. The van der Waals surface area contributed by atoms with Crippen molar-refractivity contribution in [3.05, 3.63) is 62.6 Å². The van der Waals surface area contributed by atoms with Gasteiger partial charge < -0.3 is 5.32 Å². The van der Waals surface area contributed by atoms with Crippen molar-refractivity contribution in [1.82, 2.24) is 14.2 Å². The van der Waals surface area contributed by atoms with Gasteiger partial charge in [-0.15, -0.1) is 11.3 Å². The number of rotatable bonds is 7. The monoisotopic (exact) mass is 459 g/mol. The molecule has 9 heteroatoms. The minimum atomic E-state index is -3.55. The van der Waals surface area contributed by atoms with Crippen molar-refractivity contribution >= 4 is 38.2 Å². The van der Waals surface area contributed by atoms with E-state index in [1.54, 1.807) is 29.5 Å². The van der Waals surface area contributed by atoms with Crippen molar-refractivity contribution in [1.29, 1.82) is 0 Å². The zero-order valence-corrected chi connectivity index (χ0v) is 19.0. The molecular weight excluding hydrogens is 434 g/mol. The van der Waals surface area contributed by atoms with Gasteiger partial charge in [-0.2, -0.15) is 4.31 Å². The average molecular weight is 460 g/mol. The summed E-state index contributed by atoms with van der Waals surface area (Å²) < 4.78 is 28.6. The van der Waals surface area contributed by atoms with Gasteiger partial charge in [0.15, 0.2) is 0 Å². The molecule has 0 atom stereocenters. The van der Waals surface area contributed by atoms with Crippen LogP contribution in [-0.4, -0.2) is 42.8 Å². The molecule has 7 nitrogen and oxygen atoms in total. The highest BCUT2D eigenvalue weighted by molar-refractivity contribution is 7.89. The van der Waals surface area contributed by atoms with Crippen LogP contribution in [0.3, 0.4) is 0 Å². The lowest BCUT2D eigenvalue weighted by molar-refractivity contribution is -0.121. The van der Waals surface area contributed by atoms with Crippen molar-refractivity contribution in [2.24, 2.45) is 0 Å². The van der Waals surface area contributed by atoms with E-state index in [1.807, 2.05) is 12.3 Å². The first-order valence-electron chi connectivity index (χ1n) is 10.3. The molecule has 0 unspecified atom stereocenters. The quantitative estimate of drug-likeness (QED) is 0.588. The Hall–Kier alpha value is -2.49. The summed E-state index contributed by atoms with van der Waals surface area (Å²) in [4.78, 5) is 26.3. The molecule has 3 heterocycles. The fourth-order valence-electron chi connectivity index (χ4n) is 3.86. The highest BCUT2D eigenvalue weighted by atomic mass is 32.2. The van der Waals surface area contributed by atoms with Crippen LogP contribution in [0.4, 0.5) is 0 Å². The maximum atomic E-state index is 12.8. The van der Waals surface area contributed by atoms with Gasteiger partial charge in [0.2, 0.25) is 15.9 Å². The third-order valence-electron chi connectivity index (χ3n) is 5.61. The first kappa shape index (κ1) is 21.7. The van der Waals surface area contributed by atoms with Crippen molar-refractivity contribution in [2.75, 3.05) is 19.6 Å². The van der Waals surface area contributed by atoms with E-state index in [-0.39, 0.29) is 22.9 Å². The lowest BCUT2D eigenvalue weighted by Gasteiger charge is -2.16. The predicted molar refractivity (Wildman–Crippen MR) is 122 cm³/mol. The summed E-state index contributed by atoms with van der Waals surface area (Å²) in [7, 11) is -3.55. The van der Waals surface area contributed by atoms with Crippen LogP contribution in [0, 0.1) is 6.92 Å². The Labute approximate surface area is 185 Å². The molecular formula is C22H25N3O4S2. The number of aryl methyl sites for hydroxylation is 1. The Balaban J connectivity index is 1.52. The van der Waals surface area contributed by atoms with E-state index in [1.165, 1.54) is 31.4 Å². The number of carbonyl (C=O) groups excluding carboxylic acids is 1. The zero-order valence-electron chi connectivity index (χ0n) is 17.3. The highest BCUT2D eigenvalue weighted by Gasteiger charge is 2.27. The normalized spacial score (nSPS) is 14.9. The van der Waals surface area contributed by atoms with Crippen molar-refractivity contribution < 1.29 is 13.2 Å². The Bertz CT molecular complexity index is 1270. The highest BCUT2D eigenvalue weighted by Crippen LogP contribution is 2.24. The second kappa shape index (κ2) is 8.94. The minimum Gasteiger partial charge on any atom is -0.354 e. The Morgan fingerprint density at radius 1 is 1.13 bits per heavy atom. The second-order valence-electron chi connectivity index (χ2n) is 7.72. The number of benzene rings is 1. The van der Waals surface area contributed by atoms with Crippen molar-refractivity contribution in [3.8, 4) is 0 Å². The number of amides is 1. The fourth-order valence-corrected chi connectivity index (χ4v) is 6.32. The van der Waals surface area contributed by atoms with Gasteiger partial charge >= 0.3 is 0 Å². The smallest absolute Gasteiger partial charge is 0.251 e. The number of fused-ring (bicyclic) bond motifs is 1. The molecule has 31 heavy (non-hydrogen) atoms. The molecule has 1 aliphatic rings. The molecule has 0 saturated carbocycles. The summed E-state index contributed by atoms with van der Waals surface area (Å²) >= 11 is 1.66. The van der Waals surface area contributed by atoms with Crippen LogP contribution in [-0.2, 0) is 27.8 Å². The van der Waals surface area contributed by atoms with Crippen LogP contribution < -0.4 is 10.9 Å². The van der Waals surface area contributed by atoms with Crippen molar-refractivity contribution in [2.45, 2.75) is 37.6 Å². The Morgan fingerprint density at radius 2 is 1.90 bits per heavy atom. The van der Waals surface area contributed by atoms with Crippen molar-refractivity contribution in [3.63, 3.8) is 0 Å². The van der Waals surface area contributed by atoms with E-state index in [4.69, 9.17) is 0 Å². The molecule has 0 spiro atoms. The van der Waals surface area contributed by atoms with E-state index in [0.717, 1.165) is 19.3 Å². The summed E-state index contributed by atoms with van der Waals surface area (Å²) in [6.45, 7) is 3.49. The van der Waals surface area contributed by atoms with Gasteiger partial charge in [-0.3, -0.25) is 14.2 Å². The molecule has 1 saturated heterocycles. The number of hydrogen-bond donors (Lipinski definition) is 1. The van der Waals surface area contributed by atoms with Gasteiger partial charge in [0, 0.05) is 30.6 Å². The van der Waals surface area contributed by atoms with E-state index in [2.05, 4.69) is 11.4 Å². The molecule has 1 aliphatic heterocycles. The number of thiophene rings is 1. The zero-order chi connectivity index (χ0) is 22.0. The van der Waals surface area contributed by atoms with E-state index in [0.29, 0.717) is 30.5 Å². The van der Waals surface area contributed by atoms with Gasteiger partial charge in [-0.1, -0.05) is 0 Å². The van der Waals surface area contributed by atoms with E-state index < -0.39 is 10.0 Å². The maximum Gasteiger partial charge on any atom is 0.251 e. The Morgan fingerprint density at radius 3 is 2.61 bits per heavy atom. The number of nitrogens with zero attached hydrogens (tertiary/aromatic N) is 2. The van der Waals surface area contributed by atoms with Crippen LogP contribution in [0.1, 0.15) is 23.3 Å². The molecule has 2 aromatic heterocycles. The Kier molecular flexibility index (Phi) is 6.27. The van der Waals surface area contributed by atoms with Gasteiger partial charge in [0.05, 0.1) is 10.4 Å². The topological polar surface area (TPSA) is 88.5 Å². The van der Waals surface area contributed by atoms with Crippen LogP contribution in [0.5, 0.6) is 0 Å². The third-order valence-corrected chi connectivity index (χ3v) is 8.59. The summed E-state index contributed by atoms with van der Waals surface area (Å²) in [5, 5.41) is 5.51. The largest absolute Gasteiger partial charge is 0.354 e. The number of pyridine rings is 1. The van der Waals surface area contributed by atoms with Gasteiger partial charge in [0.25, 0.3) is 5.56 Å². The number of sulfonamides is 1. The number of carbonyl (C=O) groups is 1. The van der Waals surface area contributed by atoms with Gasteiger partial charge in [-0.25, -0.2) is 8.42 Å². The summed E-state index contributed by atoms with van der Waals surface area (Å²) in [5.41, 5.74) is 1.45. The molecule has 0 aliphatic carbocycles. The SMILES string of the molecule is Cc1ccsc1CCNC(=O)Cn1c(=O)ccc2cc(S(=O)(=O)N3CCCC3)ccc21. The lowest BCUT2D eigenvalue weighted by atomic mass is 10.2. The van der Waals surface area contributed by atoms with Crippen LogP contribution in [0.2, 0.25) is 0 Å². The lowest BCUT2D eigenvalue weighted by Crippen LogP contribution is -2.33. The molecule has 1 aromatic carbocycles. The standard InChI is InChI=1S/C22H25N3O4S2/c1-16-9-13-30-20(16)8-10-23-21(26)15-25-19-6-5-18(14-17(19)4-7-22(25)27)31(28,29)24-11-2-3-12-24/h4-7,9,13-14H,2-3,8,10-12,15H2,1H3,(H,23,26). The fraction of sp³-hybridized carbons (Fsp3) is 0.364. The average Bonchev–Trinajstić information content (AvgIpc) is 3.42. The number of hydrogen-bond acceptors (Lipinski definition) is 5. The molecule has 4 rings (SSSR count). The number of aromatic nitrogens is 1. The second-order valence-corrected chi connectivity index (χ2v) is 10.7. The first-order chi connectivity index (χ1) is 14.9. The summed E-state index contributed by atoms with van der Waals surface area (Å²) in [5.74, 6) is -0.252.